The van der Waals surface area contributed by atoms with Gasteiger partial charge in [0.2, 0.25) is 0 Å². The molecule has 14 heteroatoms. The maximum atomic E-state index is 12.7. The summed E-state index contributed by atoms with van der Waals surface area (Å²) in [5.74, 6) is 0.918. The minimum atomic E-state index is -3.53. The lowest BCUT2D eigenvalue weighted by molar-refractivity contribution is -0.0329. The Bertz CT molecular complexity index is 1240. The number of hydrogen-bond donors (Lipinski definition) is 3. The lowest BCUT2D eigenvalue weighted by Gasteiger charge is -2.15. The summed E-state index contributed by atoms with van der Waals surface area (Å²) in [7, 11) is -3.53. The van der Waals surface area contributed by atoms with E-state index in [1.54, 1.807) is 44.2 Å². The number of anilines is 1. The molecular formula is C21H25N6O7P. The Kier molecular flexibility index (Phi) is 7.65. The molecule has 3 heterocycles. The van der Waals surface area contributed by atoms with Gasteiger partial charge in [0.1, 0.15) is 24.6 Å². The molecule has 2 aromatic heterocycles. The first kappa shape index (κ1) is 25.0. The molecule has 0 spiro atoms. The molecule has 4 atom stereocenters. The van der Waals surface area contributed by atoms with Crippen molar-refractivity contribution in [3.05, 3.63) is 54.1 Å². The Morgan fingerprint density at radius 2 is 1.89 bits per heavy atom. The van der Waals surface area contributed by atoms with Crippen LogP contribution in [0.15, 0.2) is 48.6 Å². The summed E-state index contributed by atoms with van der Waals surface area (Å²) in [6, 6.07) is 8.56. The lowest BCUT2D eigenvalue weighted by Crippen LogP contribution is -2.31. The summed E-state index contributed by atoms with van der Waals surface area (Å²) >= 11 is 0. The maximum Gasteiger partial charge on any atom is 0.353 e. The topological polar surface area (TPSA) is 171 Å². The van der Waals surface area contributed by atoms with Crippen molar-refractivity contribution in [2.45, 2.75) is 38.4 Å². The molecule has 1 fully saturated rings. The summed E-state index contributed by atoms with van der Waals surface area (Å²) in [5.41, 5.74) is 0.757. The molecule has 0 bridgehead atoms. The van der Waals surface area contributed by atoms with Crippen molar-refractivity contribution in [3.8, 4) is 0 Å². The molecule has 13 nitrogen and oxygen atoms in total. The predicted octanol–water partition coefficient (Wildman–Crippen LogP) is 1.87. The van der Waals surface area contributed by atoms with Crippen molar-refractivity contribution in [1.82, 2.24) is 25.0 Å². The molecule has 1 aliphatic rings. The number of carbonyl (C=O) groups excluding carboxylic acids is 1. The van der Waals surface area contributed by atoms with Crippen LogP contribution in [0.4, 0.5) is 5.82 Å². The van der Waals surface area contributed by atoms with E-state index in [1.165, 1.54) is 22.9 Å². The van der Waals surface area contributed by atoms with E-state index >= 15 is 0 Å². The van der Waals surface area contributed by atoms with E-state index in [1.807, 2.05) is 0 Å². The number of ether oxygens (including phenoxy) is 1. The minimum Gasteiger partial charge on any atom is -0.387 e. The highest BCUT2D eigenvalue weighted by atomic mass is 31.2. The molecule has 35 heavy (non-hydrogen) atoms. The van der Waals surface area contributed by atoms with E-state index in [9.17, 15) is 19.6 Å². The second-order valence-corrected chi connectivity index (χ2v) is 9.33. The Morgan fingerprint density at radius 1 is 1.17 bits per heavy atom. The van der Waals surface area contributed by atoms with E-state index in [-0.39, 0.29) is 30.2 Å². The number of aliphatic hydroxyl groups excluding tert-OH is 2. The molecule has 0 saturated carbocycles. The number of benzene rings is 1. The van der Waals surface area contributed by atoms with Crippen LogP contribution >= 0.6 is 7.60 Å². The third kappa shape index (κ3) is 5.30. The molecule has 1 aliphatic heterocycles. The van der Waals surface area contributed by atoms with Crippen molar-refractivity contribution >= 4 is 30.5 Å². The van der Waals surface area contributed by atoms with Crippen molar-refractivity contribution in [2.24, 2.45) is 0 Å². The number of hydrogen-bond acceptors (Lipinski definition) is 11. The van der Waals surface area contributed by atoms with Gasteiger partial charge in [0, 0.05) is 11.4 Å². The summed E-state index contributed by atoms with van der Waals surface area (Å²) < 4.78 is 30.0. The number of aromatic nitrogens is 5. The van der Waals surface area contributed by atoms with Gasteiger partial charge in [-0.05, 0) is 32.1 Å². The quantitative estimate of drug-likeness (QED) is 0.363. The number of carbonyl (C=O) groups is 1. The van der Waals surface area contributed by atoms with Gasteiger partial charge < -0.3 is 29.3 Å². The van der Waals surface area contributed by atoms with Gasteiger partial charge in [-0.15, -0.1) is 5.10 Å². The SMILES string of the molecule is CCOP(=O)(C=C[C@H]1O[C@@H](n2nnc3c(NC(=O)c4ccccc4)ncnc32)[C@H](O)[C@@H]1O)OCC. The lowest BCUT2D eigenvalue weighted by atomic mass is 10.1. The van der Waals surface area contributed by atoms with Crippen molar-refractivity contribution in [1.29, 1.82) is 0 Å². The van der Waals surface area contributed by atoms with Crippen LogP contribution in [-0.4, -0.2) is 72.6 Å². The summed E-state index contributed by atoms with van der Waals surface area (Å²) in [5, 5.41) is 31.8. The first-order valence-corrected chi connectivity index (χ1v) is 12.5. The van der Waals surface area contributed by atoms with Crippen LogP contribution in [0.25, 0.3) is 11.2 Å². The molecule has 0 unspecified atom stereocenters. The Hall–Kier alpha value is -3.06. The van der Waals surface area contributed by atoms with Gasteiger partial charge >= 0.3 is 7.60 Å². The second kappa shape index (κ2) is 10.7. The van der Waals surface area contributed by atoms with E-state index in [0.29, 0.717) is 5.56 Å². The molecule has 0 radical (unpaired) electrons. The fourth-order valence-corrected chi connectivity index (χ4v) is 4.86. The molecule has 3 aromatic rings. The zero-order valence-electron chi connectivity index (χ0n) is 19.0. The largest absolute Gasteiger partial charge is 0.387 e. The van der Waals surface area contributed by atoms with Crippen molar-refractivity contribution in [2.75, 3.05) is 18.5 Å². The van der Waals surface area contributed by atoms with E-state index < -0.39 is 38.0 Å². The van der Waals surface area contributed by atoms with E-state index in [0.717, 1.165) is 0 Å². The Balaban J connectivity index is 1.57. The number of nitrogens with zero attached hydrogens (tertiary/aromatic N) is 5. The minimum absolute atomic E-state index is 0.119. The average Bonchev–Trinajstić information content (AvgIpc) is 3.40. The Labute approximate surface area is 200 Å². The van der Waals surface area contributed by atoms with Gasteiger partial charge in [-0.2, -0.15) is 4.68 Å². The number of amides is 1. The number of rotatable bonds is 9. The fourth-order valence-electron chi connectivity index (χ4n) is 3.52. The molecule has 1 aromatic carbocycles. The van der Waals surface area contributed by atoms with Crippen molar-refractivity contribution < 1.29 is 33.4 Å². The molecule has 0 aliphatic carbocycles. The van der Waals surface area contributed by atoms with Crippen LogP contribution in [0.2, 0.25) is 0 Å². The third-order valence-electron chi connectivity index (χ3n) is 5.12. The first-order chi connectivity index (χ1) is 16.9. The first-order valence-electron chi connectivity index (χ1n) is 10.9. The zero-order chi connectivity index (χ0) is 25.0. The monoisotopic (exact) mass is 504 g/mol. The Morgan fingerprint density at radius 3 is 2.57 bits per heavy atom. The van der Waals surface area contributed by atoms with Crippen LogP contribution in [0, 0.1) is 0 Å². The summed E-state index contributed by atoms with van der Waals surface area (Å²) in [6.07, 6.45) is -2.46. The van der Waals surface area contributed by atoms with Gasteiger partial charge in [0.15, 0.2) is 23.2 Å². The maximum absolute atomic E-state index is 12.7. The van der Waals surface area contributed by atoms with E-state index in [4.69, 9.17) is 13.8 Å². The van der Waals surface area contributed by atoms with Gasteiger partial charge in [0.25, 0.3) is 5.91 Å². The van der Waals surface area contributed by atoms with Crippen LogP contribution in [0.5, 0.6) is 0 Å². The van der Waals surface area contributed by atoms with Gasteiger partial charge in [-0.3, -0.25) is 9.36 Å². The molecule has 1 amide bonds. The van der Waals surface area contributed by atoms with Crippen LogP contribution in [0.3, 0.4) is 0 Å². The highest BCUT2D eigenvalue weighted by Gasteiger charge is 2.44. The van der Waals surface area contributed by atoms with Crippen molar-refractivity contribution in [3.63, 3.8) is 0 Å². The summed E-state index contributed by atoms with van der Waals surface area (Å²) in [6.45, 7) is 3.67. The predicted molar refractivity (Wildman–Crippen MR) is 123 cm³/mol. The fraction of sp³-hybridized carbons (Fsp3) is 0.381. The molecule has 3 N–H and O–H groups in total. The smallest absolute Gasteiger partial charge is 0.353 e. The average molecular weight is 504 g/mol. The number of fused-ring (bicyclic) bond motifs is 1. The number of nitrogens with one attached hydrogen (secondary N) is 1. The van der Waals surface area contributed by atoms with Gasteiger partial charge in [-0.25, -0.2) is 9.97 Å². The highest BCUT2D eigenvalue weighted by molar-refractivity contribution is 7.57. The highest BCUT2D eigenvalue weighted by Crippen LogP contribution is 2.50. The van der Waals surface area contributed by atoms with Gasteiger partial charge in [0.05, 0.1) is 13.2 Å². The number of aliphatic hydroxyl groups is 2. The third-order valence-corrected chi connectivity index (χ3v) is 6.90. The zero-order valence-corrected chi connectivity index (χ0v) is 19.9. The van der Waals surface area contributed by atoms with E-state index in [2.05, 4.69) is 25.6 Å². The van der Waals surface area contributed by atoms with Crippen LogP contribution < -0.4 is 5.32 Å². The van der Waals surface area contributed by atoms with Crippen LogP contribution in [-0.2, 0) is 18.3 Å². The van der Waals surface area contributed by atoms with Crippen LogP contribution in [0.1, 0.15) is 30.4 Å². The molecule has 1 saturated heterocycles. The second-order valence-electron chi connectivity index (χ2n) is 7.44. The molecular weight excluding hydrogens is 479 g/mol. The standard InChI is InChI=1S/C21H25N6O7P/c1-3-32-35(31,33-4-2)11-10-14-16(28)17(29)21(34-14)27-19-15(25-26-27)18(22-12-23-19)24-20(30)13-8-6-5-7-9-13/h5-12,14,16-17,21,28-29H,3-4H2,1-2H3,(H,22,23,24,30)/t14-,16-,17-,21-/m1/s1. The normalized spacial score (nSPS) is 22.7. The summed E-state index contributed by atoms with van der Waals surface area (Å²) in [4.78, 5) is 20.7. The van der Waals surface area contributed by atoms with Gasteiger partial charge in [-0.1, -0.05) is 23.4 Å². The molecule has 186 valence electrons. The molecule has 4 rings (SSSR count).